The van der Waals surface area contributed by atoms with E-state index in [1.165, 1.54) is 0 Å². The summed E-state index contributed by atoms with van der Waals surface area (Å²) in [5, 5.41) is 4.53. The minimum absolute atomic E-state index is 0.0445. The standard InChI is InChI=1S/C14H17Br2NO2/c1-2-14(8-15,9-16)17-13(18)12-7-10-5-3-4-6-11(10)19-12/h3-6,12H,2,7-9H2,1H3,(H,17,18). The summed E-state index contributed by atoms with van der Waals surface area (Å²) >= 11 is 6.95. The molecule has 1 heterocycles. The Morgan fingerprint density at radius 2 is 2.11 bits per heavy atom. The third kappa shape index (κ3) is 3.14. The number of nitrogens with one attached hydrogen (secondary N) is 1. The zero-order chi connectivity index (χ0) is 13.9. The fourth-order valence-electron chi connectivity index (χ4n) is 2.05. The van der Waals surface area contributed by atoms with Gasteiger partial charge in [0, 0.05) is 17.1 Å². The predicted octanol–water partition coefficient (Wildman–Crippen LogP) is 3.04. The Balaban J connectivity index is 2.03. The number of hydrogen-bond donors (Lipinski definition) is 1. The van der Waals surface area contributed by atoms with E-state index in [-0.39, 0.29) is 11.4 Å². The van der Waals surface area contributed by atoms with Crippen molar-refractivity contribution >= 4 is 37.8 Å². The monoisotopic (exact) mass is 389 g/mol. The van der Waals surface area contributed by atoms with Crippen LogP contribution in [0.2, 0.25) is 0 Å². The number of carbonyl (C=O) groups excluding carboxylic acids is 1. The maximum absolute atomic E-state index is 12.3. The van der Waals surface area contributed by atoms with Crippen molar-refractivity contribution in [2.45, 2.75) is 31.4 Å². The van der Waals surface area contributed by atoms with Crippen LogP contribution in [-0.2, 0) is 11.2 Å². The number of para-hydroxylation sites is 1. The van der Waals surface area contributed by atoms with Crippen molar-refractivity contribution in [1.29, 1.82) is 0 Å². The molecule has 0 radical (unpaired) electrons. The van der Waals surface area contributed by atoms with Gasteiger partial charge in [0.2, 0.25) is 0 Å². The van der Waals surface area contributed by atoms with Crippen molar-refractivity contribution in [3.05, 3.63) is 29.8 Å². The number of hydrogen-bond acceptors (Lipinski definition) is 2. The molecule has 5 heteroatoms. The summed E-state index contributed by atoms with van der Waals surface area (Å²) in [5.74, 6) is 0.777. The quantitative estimate of drug-likeness (QED) is 0.784. The summed E-state index contributed by atoms with van der Waals surface area (Å²) in [6.45, 7) is 2.06. The topological polar surface area (TPSA) is 38.3 Å². The molecule has 1 aliphatic heterocycles. The Morgan fingerprint density at radius 1 is 1.42 bits per heavy atom. The highest BCUT2D eigenvalue weighted by Crippen LogP contribution is 2.28. The van der Waals surface area contributed by atoms with Crippen LogP contribution in [0.25, 0.3) is 0 Å². The molecule has 19 heavy (non-hydrogen) atoms. The number of rotatable bonds is 5. The number of halogens is 2. The number of amides is 1. The van der Waals surface area contributed by atoms with Crippen LogP contribution < -0.4 is 10.1 Å². The van der Waals surface area contributed by atoms with Crippen molar-refractivity contribution in [3.8, 4) is 5.75 Å². The van der Waals surface area contributed by atoms with E-state index < -0.39 is 6.10 Å². The lowest BCUT2D eigenvalue weighted by atomic mass is 10.0. The van der Waals surface area contributed by atoms with Gasteiger partial charge in [0.1, 0.15) is 5.75 Å². The maximum atomic E-state index is 12.3. The van der Waals surface area contributed by atoms with Crippen molar-refractivity contribution in [2.75, 3.05) is 10.7 Å². The zero-order valence-electron chi connectivity index (χ0n) is 10.8. The van der Waals surface area contributed by atoms with E-state index in [9.17, 15) is 4.79 Å². The Hall–Kier alpha value is -0.550. The van der Waals surface area contributed by atoms with Gasteiger partial charge in [0.25, 0.3) is 5.91 Å². The molecule has 0 spiro atoms. The van der Waals surface area contributed by atoms with Gasteiger partial charge in [-0.05, 0) is 18.1 Å². The average molecular weight is 391 g/mol. The van der Waals surface area contributed by atoms with Gasteiger partial charge in [-0.1, -0.05) is 57.0 Å². The lowest BCUT2D eigenvalue weighted by Crippen LogP contribution is -2.54. The highest BCUT2D eigenvalue weighted by atomic mass is 79.9. The summed E-state index contributed by atoms with van der Waals surface area (Å²) in [7, 11) is 0. The van der Waals surface area contributed by atoms with Crippen molar-refractivity contribution in [2.24, 2.45) is 0 Å². The van der Waals surface area contributed by atoms with Crippen LogP contribution in [-0.4, -0.2) is 28.2 Å². The summed E-state index contributed by atoms with van der Waals surface area (Å²) in [6.07, 6.45) is 1.09. The van der Waals surface area contributed by atoms with Gasteiger partial charge in [-0.3, -0.25) is 4.79 Å². The fourth-order valence-corrected chi connectivity index (χ4v) is 4.05. The molecule has 1 aromatic rings. The van der Waals surface area contributed by atoms with Gasteiger partial charge in [-0.25, -0.2) is 0 Å². The second kappa shape index (κ2) is 6.27. The van der Waals surface area contributed by atoms with E-state index in [0.717, 1.165) is 17.7 Å². The Labute approximate surface area is 130 Å². The molecule has 0 aliphatic carbocycles. The molecule has 0 fully saturated rings. The second-order valence-electron chi connectivity index (χ2n) is 4.81. The molecule has 1 atom stereocenters. The number of ether oxygens (including phenoxy) is 1. The maximum Gasteiger partial charge on any atom is 0.261 e. The largest absolute Gasteiger partial charge is 0.480 e. The molecular formula is C14H17Br2NO2. The van der Waals surface area contributed by atoms with Gasteiger partial charge in [-0.2, -0.15) is 0 Å². The van der Waals surface area contributed by atoms with Crippen LogP contribution in [0.15, 0.2) is 24.3 Å². The summed E-state index contributed by atoms with van der Waals surface area (Å²) in [5.41, 5.74) is 0.845. The fraction of sp³-hybridized carbons (Fsp3) is 0.500. The van der Waals surface area contributed by atoms with Crippen molar-refractivity contribution in [3.63, 3.8) is 0 Å². The van der Waals surface area contributed by atoms with E-state index in [4.69, 9.17) is 4.74 Å². The molecule has 0 bridgehead atoms. The van der Waals surface area contributed by atoms with Crippen molar-refractivity contribution < 1.29 is 9.53 Å². The first kappa shape index (κ1) is 14.9. The number of benzene rings is 1. The lowest BCUT2D eigenvalue weighted by Gasteiger charge is -2.31. The number of fused-ring (bicyclic) bond motifs is 1. The van der Waals surface area contributed by atoms with E-state index in [1.54, 1.807) is 0 Å². The molecule has 1 aliphatic rings. The first-order valence-corrected chi connectivity index (χ1v) is 8.57. The SMILES string of the molecule is CCC(CBr)(CBr)NC(=O)C1Cc2ccccc2O1. The molecular weight excluding hydrogens is 374 g/mol. The van der Waals surface area contributed by atoms with Crippen LogP contribution in [0.1, 0.15) is 18.9 Å². The zero-order valence-corrected chi connectivity index (χ0v) is 14.0. The summed E-state index contributed by atoms with van der Waals surface area (Å²) < 4.78 is 5.71. The van der Waals surface area contributed by atoms with E-state index in [1.807, 2.05) is 24.3 Å². The van der Waals surface area contributed by atoms with Crippen LogP contribution in [0.5, 0.6) is 5.75 Å². The second-order valence-corrected chi connectivity index (χ2v) is 5.93. The Kier molecular flexibility index (Phi) is 4.90. The van der Waals surface area contributed by atoms with Gasteiger partial charge >= 0.3 is 0 Å². The molecule has 3 nitrogen and oxygen atoms in total. The van der Waals surface area contributed by atoms with Crippen molar-refractivity contribution in [1.82, 2.24) is 5.32 Å². The smallest absolute Gasteiger partial charge is 0.261 e. The first-order chi connectivity index (χ1) is 9.14. The third-order valence-corrected chi connectivity index (χ3v) is 5.66. The van der Waals surface area contributed by atoms with Crippen LogP contribution in [0.4, 0.5) is 0 Å². The molecule has 0 saturated heterocycles. The van der Waals surface area contributed by atoms with E-state index >= 15 is 0 Å². The molecule has 1 unspecified atom stereocenters. The first-order valence-electron chi connectivity index (χ1n) is 6.32. The van der Waals surface area contributed by atoms with Crippen LogP contribution >= 0.6 is 31.9 Å². The molecule has 1 amide bonds. The average Bonchev–Trinajstić information content (AvgIpc) is 2.89. The number of alkyl halides is 2. The lowest BCUT2D eigenvalue weighted by molar-refractivity contribution is -0.128. The minimum Gasteiger partial charge on any atom is -0.480 e. The molecule has 1 N–H and O–H groups in total. The molecule has 1 aromatic carbocycles. The van der Waals surface area contributed by atoms with Gasteiger partial charge in [0.05, 0.1) is 5.54 Å². The van der Waals surface area contributed by atoms with Crippen LogP contribution in [0, 0.1) is 0 Å². The third-order valence-electron chi connectivity index (χ3n) is 3.52. The minimum atomic E-state index is -0.415. The number of carbonyl (C=O) groups is 1. The predicted molar refractivity (Wildman–Crippen MR) is 83.3 cm³/mol. The Morgan fingerprint density at radius 3 is 2.68 bits per heavy atom. The molecule has 0 saturated carbocycles. The van der Waals surface area contributed by atoms with Gasteiger partial charge in [-0.15, -0.1) is 0 Å². The van der Waals surface area contributed by atoms with Gasteiger partial charge < -0.3 is 10.1 Å². The van der Waals surface area contributed by atoms with E-state index in [0.29, 0.717) is 17.1 Å². The highest BCUT2D eigenvalue weighted by molar-refractivity contribution is 9.09. The van der Waals surface area contributed by atoms with E-state index in [2.05, 4.69) is 44.1 Å². The highest BCUT2D eigenvalue weighted by Gasteiger charge is 2.34. The summed E-state index contributed by atoms with van der Waals surface area (Å²) in [6, 6.07) is 7.80. The molecule has 0 aromatic heterocycles. The Bertz CT molecular complexity index is 427. The van der Waals surface area contributed by atoms with Crippen LogP contribution in [0.3, 0.4) is 0 Å². The molecule has 104 valence electrons. The summed E-state index contributed by atoms with van der Waals surface area (Å²) in [4.78, 5) is 12.3. The molecule has 2 rings (SSSR count). The normalized spacial score (nSPS) is 17.7. The van der Waals surface area contributed by atoms with Gasteiger partial charge in [0.15, 0.2) is 6.10 Å².